The molecule has 8 heteroatoms. The molecule has 1 aliphatic rings. The number of esters is 1. The van der Waals surface area contributed by atoms with E-state index in [1.165, 1.54) is 11.3 Å². The van der Waals surface area contributed by atoms with Gasteiger partial charge in [0.25, 0.3) is 5.56 Å². The highest BCUT2D eigenvalue weighted by atomic mass is 32.1. The normalized spacial score (nSPS) is 16.2. The maximum Gasteiger partial charge on any atom is 0.338 e. The number of methoxy groups -OCH3 is 1. The molecule has 3 aromatic rings. The van der Waals surface area contributed by atoms with Crippen molar-refractivity contribution in [1.29, 1.82) is 0 Å². The Morgan fingerprint density at radius 3 is 2.70 bits per heavy atom. The molecule has 0 unspecified atom stereocenters. The minimum absolute atomic E-state index is 0.205. The van der Waals surface area contributed by atoms with Gasteiger partial charge < -0.3 is 14.5 Å². The van der Waals surface area contributed by atoms with E-state index in [9.17, 15) is 9.59 Å². The van der Waals surface area contributed by atoms with Crippen LogP contribution in [0.5, 0.6) is 5.75 Å². The topological polar surface area (TPSA) is 85.7 Å². The van der Waals surface area contributed by atoms with Crippen LogP contribution >= 0.6 is 11.3 Å². The number of fused-ring (bicyclic) bond motifs is 1. The standard InChI is InChI=1S/C22H21N3O4S/c1-4-29-21(27)18-13(2)24-22-25(19(18)14-7-9-16(28-3)10-8-14)20(26)17(30-22)12-15-6-5-11-23-15/h5-12,19,23H,4H2,1-3H3/b17-12+/t19-/m0/s1. The SMILES string of the molecule is CCOC(=O)C1=C(C)N=c2s/c(=C/c3ccc[nH]3)c(=O)n2[C@H]1c1ccc(OC)cc1. The summed E-state index contributed by atoms with van der Waals surface area (Å²) in [5.41, 5.74) is 2.30. The Bertz CT molecular complexity index is 1280. The second-order valence-electron chi connectivity index (χ2n) is 6.70. The Kier molecular flexibility index (Phi) is 5.41. The van der Waals surface area contributed by atoms with Crippen LogP contribution in [0, 0.1) is 0 Å². The summed E-state index contributed by atoms with van der Waals surface area (Å²) in [6.45, 7) is 3.76. The first-order valence-corrected chi connectivity index (χ1v) is 10.3. The third-order valence-electron chi connectivity index (χ3n) is 4.86. The van der Waals surface area contributed by atoms with E-state index in [1.54, 1.807) is 37.8 Å². The number of carbonyl (C=O) groups is 1. The summed E-state index contributed by atoms with van der Waals surface area (Å²) >= 11 is 1.29. The summed E-state index contributed by atoms with van der Waals surface area (Å²) in [6.07, 6.45) is 3.59. The van der Waals surface area contributed by atoms with Gasteiger partial charge in [0.15, 0.2) is 4.80 Å². The van der Waals surface area contributed by atoms with Gasteiger partial charge in [-0.1, -0.05) is 23.5 Å². The van der Waals surface area contributed by atoms with Crippen molar-refractivity contribution in [2.24, 2.45) is 4.99 Å². The molecule has 7 nitrogen and oxygen atoms in total. The highest BCUT2D eigenvalue weighted by molar-refractivity contribution is 7.07. The van der Waals surface area contributed by atoms with E-state index in [0.717, 1.165) is 11.3 Å². The van der Waals surface area contributed by atoms with Gasteiger partial charge in [0.05, 0.1) is 35.6 Å². The molecule has 0 saturated heterocycles. The average Bonchev–Trinajstić information content (AvgIpc) is 3.36. The maximum atomic E-state index is 13.3. The zero-order valence-electron chi connectivity index (χ0n) is 16.8. The van der Waals surface area contributed by atoms with Crippen LogP contribution in [0.1, 0.15) is 31.1 Å². The van der Waals surface area contributed by atoms with Gasteiger partial charge in [-0.15, -0.1) is 0 Å². The number of aromatic nitrogens is 2. The second kappa shape index (κ2) is 8.16. The van der Waals surface area contributed by atoms with Crippen LogP contribution in [0.3, 0.4) is 0 Å². The molecule has 1 N–H and O–H groups in total. The molecule has 0 radical (unpaired) electrons. The van der Waals surface area contributed by atoms with Gasteiger partial charge in [-0.05, 0) is 49.8 Å². The lowest BCUT2D eigenvalue weighted by Crippen LogP contribution is -2.39. The van der Waals surface area contributed by atoms with Gasteiger partial charge in [0.2, 0.25) is 0 Å². The van der Waals surface area contributed by atoms with Crippen molar-refractivity contribution < 1.29 is 14.3 Å². The number of nitrogens with one attached hydrogen (secondary N) is 1. The number of carbonyl (C=O) groups excluding carboxylic acids is 1. The highest BCUT2D eigenvalue weighted by Crippen LogP contribution is 2.31. The Morgan fingerprint density at radius 1 is 1.30 bits per heavy atom. The third kappa shape index (κ3) is 3.50. The van der Waals surface area contributed by atoms with Gasteiger partial charge in [-0.25, -0.2) is 9.79 Å². The molecular formula is C22H21N3O4S. The van der Waals surface area contributed by atoms with E-state index >= 15 is 0 Å². The average molecular weight is 423 g/mol. The quantitative estimate of drug-likeness (QED) is 0.637. The Hall–Kier alpha value is -3.39. The molecule has 4 rings (SSSR count). The van der Waals surface area contributed by atoms with E-state index in [-0.39, 0.29) is 12.2 Å². The number of allylic oxidation sites excluding steroid dienone is 1. The smallest absolute Gasteiger partial charge is 0.338 e. The fourth-order valence-corrected chi connectivity index (χ4v) is 4.51. The van der Waals surface area contributed by atoms with Crippen molar-refractivity contribution >= 4 is 23.4 Å². The lowest BCUT2D eigenvalue weighted by Gasteiger charge is -2.24. The molecule has 1 atom stereocenters. The van der Waals surface area contributed by atoms with E-state index in [2.05, 4.69) is 9.98 Å². The van der Waals surface area contributed by atoms with Crippen molar-refractivity contribution in [2.75, 3.05) is 13.7 Å². The molecule has 154 valence electrons. The van der Waals surface area contributed by atoms with Crippen LogP contribution in [0.4, 0.5) is 0 Å². The molecule has 0 spiro atoms. The summed E-state index contributed by atoms with van der Waals surface area (Å²) in [6, 6.07) is 10.4. The van der Waals surface area contributed by atoms with Crippen LogP contribution in [0.25, 0.3) is 6.08 Å². The lowest BCUT2D eigenvalue weighted by atomic mass is 9.96. The van der Waals surface area contributed by atoms with Gasteiger partial charge in [-0.2, -0.15) is 0 Å². The summed E-state index contributed by atoms with van der Waals surface area (Å²) in [5.74, 6) is 0.217. The molecular weight excluding hydrogens is 402 g/mol. The molecule has 1 aromatic carbocycles. The monoisotopic (exact) mass is 423 g/mol. The minimum Gasteiger partial charge on any atom is -0.497 e. The van der Waals surface area contributed by atoms with E-state index in [1.807, 2.05) is 36.4 Å². The molecule has 1 aliphatic heterocycles. The zero-order chi connectivity index (χ0) is 21.3. The van der Waals surface area contributed by atoms with E-state index < -0.39 is 12.0 Å². The Balaban J connectivity index is 1.95. The van der Waals surface area contributed by atoms with Crippen LogP contribution in [-0.4, -0.2) is 29.2 Å². The molecule has 0 bridgehead atoms. The lowest BCUT2D eigenvalue weighted by molar-refractivity contribution is -0.139. The molecule has 0 saturated carbocycles. The van der Waals surface area contributed by atoms with Crippen molar-refractivity contribution in [3.8, 4) is 5.75 Å². The molecule has 0 fully saturated rings. The van der Waals surface area contributed by atoms with Crippen molar-refractivity contribution in [3.63, 3.8) is 0 Å². The predicted octanol–water partition coefficient (Wildman–Crippen LogP) is 2.14. The number of benzene rings is 1. The van der Waals surface area contributed by atoms with Crippen molar-refractivity contribution in [2.45, 2.75) is 19.9 Å². The van der Waals surface area contributed by atoms with Gasteiger partial charge in [0.1, 0.15) is 5.75 Å². The van der Waals surface area contributed by atoms with E-state index in [4.69, 9.17) is 9.47 Å². The number of H-pyrrole nitrogens is 1. The summed E-state index contributed by atoms with van der Waals surface area (Å²) in [5, 5.41) is 0. The highest BCUT2D eigenvalue weighted by Gasteiger charge is 2.33. The van der Waals surface area contributed by atoms with Crippen molar-refractivity contribution in [1.82, 2.24) is 9.55 Å². The first kappa shape index (κ1) is 19.9. The van der Waals surface area contributed by atoms with E-state index in [0.29, 0.717) is 26.4 Å². The van der Waals surface area contributed by atoms with Crippen LogP contribution < -0.4 is 19.6 Å². The van der Waals surface area contributed by atoms with Crippen LogP contribution in [0.15, 0.2) is 63.7 Å². The third-order valence-corrected chi connectivity index (χ3v) is 5.84. The number of hydrogen-bond donors (Lipinski definition) is 1. The number of rotatable bonds is 5. The van der Waals surface area contributed by atoms with Crippen LogP contribution in [0.2, 0.25) is 0 Å². The number of nitrogens with zero attached hydrogens (tertiary/aromatic N) is 2. The van der Waals surface area contributed by atoms with Gasteiger partial charge in [-0.3, -0.25) is 9.36 Å². The fraction of sp³-hybridized carbons (Fsp3) is 0.227. The summed E-state index contributed by atoms with van der Waals surface area (Å²) in [7, 11) is 1.59. The summed E-state index contributed by atoms with van der Waals surface area (Å²) < 4.78 is 12.6. The number of hydrogen-bond acceptors (Lipinski definition) is 6. The number of ether oxygens (including phenoxy) is 2. The zero-order valence-corrected chi connectivity index (χ0v) is 17.7. The number of aromatic amines is 1. The largest absolute Gasteiger partial charge is 0.497 e. The Morgan fingerprint density at radius 2 is 2.07 bits per heavy atom. The first-order chi connectivity index (χ1) is 14.5. The second-order valence-corrected chi connectivity index (χ2v) is 7.71. The van der Waals surface area contributed by atoms with Gasteiger partial charge in [0, 0.05) is 11.9 Å². The summed E-state index contributed by atoms with van der Waals surface area (Å²) in [4.78, 5) is 34.3. The van der Waals surface area contributed by atoms with Gasteiger partial charge >= 0.3 is 5.97 Å². The minimum atomic E-state index is -0.628. The maximum absolute atomic E-state index is 13.3. The molecule has 2 aromatic heterocycles. The fourth-order valence-electron chi connectivity index (χ4n) is 3.47. The molecule has 3 heterocycles. The number of thiazole rings is 1. The molecule has 0 aliphatic carbocycles. The molecule has 30 heavy (non-hydrogen) atoms. The molecule has 0 amide bonds. The van der Waals surface area contributed by atoms with Crippen molar-refractivity contribution in [3.05, 3.63) is 84.8 Å². The predicted molar refractivity (Wildman–Crippen MR) is 114 cm³/mol. The first-order valence-electron chi connectivity index (χ1n) is 9.50. The van der Waals surface area contributed by atoms with Crippen LogP contribution in [-0.2, 0) is 9.53 Å². The Labute approximate surface area is 176 Å².